The fourth-order valence-corrected chi connectivity index (χ4v) is 3.66. The minimum atomic E-state index is 1.04. The minimum Gasteiger partial charge on any atom is -0.320 e. The van der Waals surface area contributed by atoms with Crippen LogP contribution in [0.3, 0.4) is 0 Å². The first-order chi connectivity index (χ1) is 10.3. The number of nitrogens with one attached hydrogen (secondary N) is 2. The molecule has 1 aliphatic rings. The van der Waals surface area contributed by atoms with E-state index in [1.54, 1.807) is 12.1 Å². The van der Waals surface area contributed by atoms with Gasteiger partial charge in [0.15, 0.2) is 12.4 Å². The number of rotatable bonds is 5. The van der Waals surface area contributed by atoms with Gasteiger partial charge in [0.2, 0.25) is 0 Å². The third kappa shape index (κ3) is 2.84. The molecule has 0 fully saturated rings. The van der Waals surface area contributed by atoms with Crippen molar-refractivity contribution in [3.63, 3.8) is 0 Å². The molecule has 2 aromatic rings. The molecule has 0 saturated carbocycles. The summed E-state index contributed by atoms with van der Waals surface area (Å²) in [6, 6.07) is 10.7. The number of nitrogens with zero attached hydrogens (tertiary/aromatic N) is 2. The molecule has 1 aromatic heterocycles. The Morgan fingerprint density at radius 2 is 1.95 bits per heavy atom. The Balaban J connectivity index is 1.89. The molecule has 0 radical (unpaired) electrons. The number of H-pyrrole nitrogens is 1. The van der Waals surface area contributed by atoms with Gasteiger partial charge in [0.25, 0.3) is 0 Å². The van der Waals surface area contributed by atoms with E-state index in [0.717, 1.165) is 19.5 Å². The molecule has 4 nitrogen and oxygen atoms in total. The maximum absolute atomic E-state index is 3.21. The van der Waals surface area contributed by atoms with E-state index in [9.17, 15) is 0 Å². The van der Waals surface area contributed by atoms with Crippen LogP contribution in [0.15, 0.2) is 42.7 Å². The summed E-state index contributed by atoms with van der Waals surface area (Å²) in [7, 11) is 2.00. The summed E-state index contributed by atoms with van der Waals surface area (Å²) in [6.07, 6.45) is 5.16. The maximum atomic E-state index is 3.21. The number of pyridine rings is 1. The van der Waals surface area contributed by atoms with E-state index in [4.69, 9.17) is 0 Å². The summed E-state index contributed by atoms with van der Waals surface area (Å²) in [5.41, 5.74) is 5.04. The molecule has 1 aromatic carbocycles. The Morgan fingerprint density at radius 3 is 2.71 bits per heavy atom. The second-order valence-electron chi connectivity index (χ2n) is 5.14. The Kier molecular flexibility index (Phi) is 4.31. The normalized spacial score (nSPS) is 13.6. The fourth-order valence-electron chi connectivity index (χ4n) is 2.49. The molecule has 0 bridgehead atoms. The van der Waals surface area contributed by atoms with Crippen molar-refractivity contribution in [1.82, 2.24) is 5.32 Å². The van der Waals surface area contributed by atoms with Crippen LogP contribution >= 0.6 is 12.1 Å². The van der Waals surface area contributed by atoms with Gasteiger partial charge in [-0.25, -0.2) is 4.98 Å². The first kappa shape index (κ1) is 14.2. The Bertz CT molecular complexity index is 617. The summed E-state index contributed by atoms with van der Waals surface area (Å²) in [4.78, 5) is 3.19. The third-order valence-corrected chi connectivity index (χ3v) is 4.74. The number of aromatic nitrogens is 1. The summed E-state index contributed by atoms with van der Waals surface area (Å²) in [5.74, 6) is 0. The van der Waals surface area contributed by atoms with E-state index in [-0.39, 0.29) is 0 Å². The predicted octanol–water partition coefficient (Wildman–Crippen LogP) is 2.94. The number of anilines is 3. The lowest BCUT2D eigenvalue weighted by Gasteiger charge is -2.19. The van der Waals surface area contributed by atoms with Crippen molar-refractivity contribution in [3.05, 3.63) is 48.3 Å². The highest BCUT2D eigenvalue weighted by atomic mass is 32.2. The molecule has 0 spiro atoms. The van der Waals surface area contributed by atoms with Gasteiger partial charge >= 0.3 is 0 Å². The number of aryl methyl sites for hydroxylation is 1. The lowest BCUT2D eigenvalue weighted by Crippen LogP contribution is -2.20. The summed E-state index contributed by atoms with van der Waals surface area (Å²) < 4.78 is 4.68. The second-order valence-corrected chi connectivity index (χ2v) is 6.11. The van der Waals surface area contributed by atoms with Crippen molar-refractivity contribution >= 4 is 29.2 Å². The van der Waals surface area contributed by atoms with Gasteiger partial charge in [0.1, 0.15) is 5.69 Å². The highest BCUT2D eigenvalue weighted by Gasteiger charge is 2.29. The van der Waals surface area contributed by atoms with E-state index >= 15 is 0 Å². The number of para-hydroxylation sites is 2. The Labute approximate surface area is 130 Å². The number of fused-ring (bicyclic) bond motifs is 1. The van der Waals surface area contributed by atoms with Crippen LogP contribution in [-0.2, 0) is 0 Å². The van der Waals surface area contributed by atoms with Crippen LogP contribution in [0.25, 0.3) is 0 Å². The molecule has 0 unspecified atom stereocenters. The van der Waals surface area contributed by atoms with Crippen molar-refractivity contribution in [2.75, 3.05) is 28.7 Å². The molecule has 1 aliphatic heterocycles. The van der Waals surface area contributed by atoms with E-state index in [1.807, 2.05) is 13.2 Å². The zero-order chi connectivity index (χ0) is 14.7. The van der Waals surface area contributed by atoms with Gasteiger partial charge in [0, 0.05) is 12.6 Å². The standard InChI is InChI=1S/C16H20N4S/c1-13-8-10-18-12-16(13)20-15-7-4-3-6-14(15)19(21-20)11-5-9-17-2/h3-4,6-8,10,12,17H,5,9,11H2,1-2H3/p+1. The molecule has 5 heteroatoms. The van der Waals surface area contributed by atoms with Gasteiger partial charge in [-0.3, -0.25) is 8.61 Å². The first-order valence-corrected chi connectivity index (χ1v) is 8.00. The van der Waals surface area contributed by atoms with E-state index in [0.29, 0.717) is 0 Å². The molecule has 2 heterocycles. The van der Waals surface area contributed by atoms with Gasteiger partial charge in [-0.15, -0.1) is 0 Å². The smallest absolute Gasteiger partial charge is 0.192 e. The van der Waals surface area contributed by atoms with Crippen LogP contribution < -0.4 is 18.9 Å². The minimum absolute atomic E-state index is 1.04. The van der Waals surface area contributed by atoms with Crippen LogP contribution in [0.1, 0.15) is 12.0 Å². The molecule has 21 heavy (non-hydrogen) atoms. The van der Waals surface area contributed by atoms with Crippen LogP contribution in [-0.4, -0.2) is 20.1 Å². The molecular formula is C16H21N4S+. The number of benzene rings is 1. The third-order valence-electron chi connectivity index (χ3n) is 3.61. The average molecular weight is 301 g/mol. The second kappa shape index (κ2) is 6.37. The number of aromatic amines is 1. The summed E-state index contributed by atoms with van der Waals surface area (Å²) in [5, 5.41) is 3.21. The molecular weight excluding hydrogens is 280 g/mol. The van der Waals surface area contributed by atoms with E-state index in [2.05, 4.69) is 62.4 Å². The number of hydrogen-bond acceptors (Lipinski definition) is 4. The van der Waals surface area contributed by atoms with Crippen molar-refractivity contribution in [2.24, 2.45) is 0 Å². The molecule has 0 atom stereocenters. The van der Waals surface area contributed by atoms with E-state index in [1.165, 1.54) is 22.6 Å². The van der Waals surface area contributed by atoms with Crippen LogP contribution in [0.5, 0.6) is 0 Å². The van der Waals surface area contributed by atoms with Crippen LogP contribution in [0.2, 0.25) is 0 Å². The zero-order valence-electron chi connectivity index (χ0n) is 12.5. The molecule has 0 saturated heterocycles. The Morgan fingerprint density at radius 1 is 1.14 bits per heavy atom. The lowest BCUT2D eigenvalue weighted by molar-refractivity contribution is -0.377. The van der Waals surface area contributed by atoms with Gasteiger partial charge in [0.05, 0.1) is 23.5 Å². The van der Waals surface area contributed by atoms with Crippen molar-refractivity contribution in [3.8, 4) is 0 Å². The topological polar surface area (TPSA) is 32.6 Å². The average Bonchev–Trinajstić information content (AvgIpc) is 2.87. The monoisotopic (exact) mass is 301 g/mol. The zero-order valence-corrected chi connectivity index (χ0v) is 13.3. The SMILES string of the molecule is CNCCCN1SN(c2c[nH+]ccc2C)c2ccccc21. The van der Waals surface area contributed by atoms with Crippen molar-refractivity contribution < 1.29 is 4.98 Å². The van der Waals surface area contributed by atoms with Crippen LogP contribution in [0, 0.1) is 6.92 Å². The Hall–Kier alpha value is -1.72. The lowest BCUT2D eigenvalue weighted by atomic mass is 10.2. The molecule has 3 rings (SSSR count). The molecule has 0 aliphatic carbocycles. The molecule has 110 valence electrons. The highest BCUT2D eigenvalue weighted by Crippen LogP contribution is 2.49. The van der Waals surface area contributed by atoms with Crippen LogP contribution in [0.4, 0.5) is 17.1 Å². The molecule has 0 amide bonds. The van der Waals surface area contributed by atoms with E-state index < -0.39 is 0 Å². The maximum Gasteiger partial charge on any atom is 0.192 e. The van der Waals surface area contributed by atoms with Gasteiger partial charge < -0.3 is 5.32 Å². The quantitative estimate of drug-likeness (QED) is 0.680. The molecule has 2 N–H and O–H groups in total. The number of hydrogen-bond donors (Lipinski definition) is 1. The largest absolute Gasteiger partial charge is 0.320 e. The van der Waals surface area contributed by atoms with Crippen molar-refractivity contribution in [1.29, 1.82) is 0 Å². The van der Waals surface area contributed by atoms with Gasteiger partial charge in [-0.1, -0.05) is 12.1 Å². The first-order valence-electron chi connectivity index (χ1n) is 7.27. The highest BCUT2D eigenvalue weighted by molar-refractivity contribution is 8.02. The summed E-state index contributed by atoms with van der Waals surface area (Å²) in [6.45, 7) is 4.22. The fraction of sp³-hybridized carbons (Fsp3) is 0.312. The van der Waals surface area contributed by atoms with Gasteiger partial charge in [-0.2, -0.15) is 0 Å². The van der Waals surface area contributed by atoms with Gasteiger partial charge in [-0.05, 0) is 44.6 Å². The van der Waals surface area contributed by atoms with Crippen molar-refractivity contribution in [2.45, 2.75) is 13.3 Å². The predicted molar refractivity (Wildman–Crippen MR) is 89.8 cm³/mol. The summed E-state index contributed by atoms with van der Waals surface area (Å²) >= 11 is 1.78.